The number of hydrogen-bond donors (Lipinski definition) is 1. The third-order valence-electron chi connectivity index (χ3n) is 4.43. The molecule has 1 aromatic carbocycles. The number of rotatable bonds is 4. The molecule has 2 fully saturated rings. The van der Waals surface area contributed by atoms with Gasteiger partial charge in [0.2, 0.25) is 0 Å². The zero-order chi connectivity index (χ0) is 14.7. The highest BCUT2D eigenvalue weighted by molar-refractivity contribution is 5.94. The minimum Gasteiger partial charge on any atom is -0.380 e. The van der Waals surface area contributed by atoms with Crippen molar-refractivity contribution in [2.24, 2.45) is 5.41 Å². The third-order valence-corrected chi connectivity index (χ3v) is 4.43. The summed E-state index contributed by atoms with van der Waals surface area (Å²) >= 11 is 0. The number of amides is 1. The Kier molecular flexibility index (Phi) is 4.15. The van der Waals surface area contributed by atoms with Gasteiger partial charge in [0.05, 0.1) is 13.2 Å². The molecule has 0 aliphatic carbocycles. The molecule has 0 saturated carbocycles. The van der Waals surface area contributed by atoms with Crippen LogP contribution in [0.5, 0.6) is 0 Å². The predicted molar refractivity (Wildman–Crippen MR) is 83.8 cm³/mol. The van der Waals surface area contributed by atoms with E-state index in [0.717, 1.165) is 31.9 Å². The molecule has 1 N–H and O–H groups in total. The molecule has 1 aromatic rings. The van der Waals surface area contributed by atoms with Crippen molar-refractivity contribution in [2.45, 2.75) is 26.2 Å². The first-order chi connectivity index (χ1) is 10.2. The van der Waals surface area contributed by atoms with Crippen LogP contribution in [-0.4, -0.2) is 38.8 Å². The summed E-state index contributed by atoms with van der Waals surface area (Å²) in [5.41, 5.74) is 2.08. The quantitative estimate of drug-likeness (QED) is 0.925. The number of ether oxygens (including phenoxy) is 1. The topological polar surface area (TPSA) is 41.6 Å². The van der Waals surface area contributed by atoms with E-state index in [1.165, 1.54) is 24.9 Å². The van der Waals surface area contributed by atoms with E-state index in [0.29, 0.717) is 6.54 Å². The highest BCUT2D eigenvalue weighted by Gasteiger charge is 2.33. The lowest BCUT2D eigenvalue weighted by atomic mass is 9.88. The lowest BCUT2D eigenvalue weighted by Crippen LogP contribution is -2.48. The van der Waals surface area contributed by atoms with Crippen molar-refractivity contribution in [2.75, 3.05) is 37.7 Å². The van der Waals surface area contributed by atoms with Gasteiger partial charge in [-0.3, -0.25) is 4.79 Å². The van der Waals surface area contributed by atoms with Crippen molar-refractivity contribution in [1.29, 1.82) is 0 Å². The van der Waals surface area contributed by atoms with Gasteiger partial charge in [0.1, 0.15) is 0 Å². The van der Waals surface area contributed by atoms with Crippen molar-refractivity contribution in [3.63, 3.8) is 0 Å². The van der Waals surface area contributed by atoms with Gasteiger partial charge in [0, 0.05) is 36.3 Å². The molecule has 2 heterocycles. The minimum absolute atomic E-state index is 0.00770. The maximum Gasteiger partial charge on any atom is 0.251 e. The summed E-state index contributed by atoms with van der Waals surface area (Å²) in [6.45, 7) is 6.55. The number of carbonyl (C=O) groups excluding carboxylic acids is 1. The molecule has 114 valence electrons. The van der Waals surface area contributed by atoms with Gasteiger partial charge in [-0.15, -0.1) is 0 Å². The summed E-state index contributed by atoms with van der Waals surface area (Å²) in [6.07, 6.45) is 3.87. The molecule has 0 radical (unpaired) electrons. The van der Waals surface area contributed by atoms with Crippen LogP contribution in [-0.2, 0) is 4.74 Å². The fourth-order valence-electron chi connectivity index (χ4n) is 2.92. The number of nitrogens with one attached hydrogen (secondary N) is 1. The van der Waals surface area contributed by atoms with Crippen LogP contribution in [0.15, 0.2) is 24.3 Å². The Morgan fingerprint density at radius 2 is 1.86 bits per heavy atom. The van der Waals surface area contributed by atoms with Gasteiger partial charge in [0.15, 0.2) is 0 Å². The fourth-order valence-corrected chi connectivity index (χ4v) is 2.92. The Morgan fingerprint density at radius 3 is 2.43 bits per heavy atom. The van der Waals surface area contributed by atoms with Crippen molar-refractivity contribution < 1.29 is 9.53 Å². The Hall–Kier alpha value is -1.55. The molecule has 3 rings (SSSR count). The molecule has 0 aromatic heterocycles. The number of hydrogen-bond acceptors (Lipinski definition) is 3. The van der Waals surface area contributed by atoms with E-state index in [9.17, 15) is 4.79 Å². The Labute approximate surface area is 126 Å². The summed E-state index contributed by atoms with van der Waals surface area (Å²) in [6, 6.07) is 7.99. The lowest BCUT2D eigenvalue weighted by Gasteiger charge is -2.38. The lowest BCUT2D eigenvalue weighted by molar-refractivity contribution is -0.0978. The van der Waals surface area contributed by atoms with Crippen LogP contribution in [0.25, 0.3) is 0 Å². The summed E-state index contributed by atoms with van der Waals surface area (Å²) in [5, 5.41) is 3.01. The maximum absolute atomic E-state index is 12.2. The second-order valence-electron chi connectivity index (χ2n) is 6.58. The summed E-state index contributed by atoms with van der Waals surface area (Å²) in [5.74, 6) is 0.00770. The summed E-state index contributed by atoms with van der Waals surface area (Å²) in [4.78, 5) is 14.6. The number of anilines is 1. The largest absolute Gasteiger partial charge is 0.380 e. The minimum atomic E-state index is 0.00770. The monoisotopic (exact) mass is 288 g/mol. The van der Waals surface area contributed by atoms with E-state index in [4.69, 9.17) is 4.74 Å². The first-order valence-corrected chi connectivity index (χ1v) is 7.87. The van der Waals surface area contributed by atoms with Crippen molar-refractivity contribution in [1.82, 2.24) is 5.32 Å². The van der Waals surface area contributed by atoms with Gasteiger partial charge in [-0.2, -0.15) is 0 Å². The summed E-state index contributed by atoms with van der Waals surface area (Å²) < 4.78 is 5.20. The predicted octanol–water partition coefficient (Wildman–Crippen LogP) is 2.44. The molecule has 2 aliphatic rings. The second-order valence-corrected chi connectivity index (χ2v) is 6.58. The van der Waals surface area contributed by atoms with Gasteiger partial charge in [0.25, 0.3) is 5.91 Å². The van der Waals surface area contributed by atoms with Crippen molar-refractivity contribution >= 4 is 11.6 Å². The van der Waals surface area contributed by atoms with Crippen LogP contribution in [0.3, 0.4) is 0 Å². The molecule has 21 heavy (non-hydrogen) atoms. The van der Waals surface area contributed by atoms with Crippen LogP contribution >= 0.6 is 0 Å². The van der Waals surface area contributed by atoms with E-state index in [1.54, 1.807) is 0 Å². The van der Waals surface area contributed by atoms with E-state index >= 15 is 0 Å². The molecule has 0 bridgehead atoms. The zero-order valence-electron chi connectivity index (χ0n) is 12.7. The molecule has 1 amide bonds. The normalized spacial score (nSPS) is 20.7. The molecule has 0 unspecified atom stereocenters. The van der Waals surface area contributed by atoms with E-state index in [-0.39, 0.29) is 11.3 Å². The van der Waals surface area contributed by atoms with E-state index < -0.39 is 0 Å². The Bertz CT molecular complexity index is 488. The smallest absolute Gasteiger partial charge is 0.251 e. The number of piperidine rings is 1. The van der Waals surface area contributed by atoms with Crippen molar-refractivity contribution in [3.05, 3.63) is 29.8 Å². The molecular formula is C17H24N2O2. The number of carbonyl (C=O) groups is 1. The second kappa shape index (κ2) is 6.06. The van der Waals surface area contributed by atoms with Gasteiger partial charge in [-0.25, -0.2) is 0 Å². The molecule has 2 saturated heterocycles. The molecule has 0 atom stereocenters. The zero-order valence-corrected chi connectivity index (χ0v) is 12.7. The van der Waals surface area contributed by atoms with Gasteiger partial charge >= 0.3 is 0 Å². The fraction of sp³-hybridized carbons (Fsp3) is 0.588. The van der Waals surface area contributed by atoms with Crippen LogP contribution in [0.1, 0.15) is 36.5 Å². The van der Waals surface area contributed by atoms with Crippen molar-refractivity contribution in [3.8, 4) is 0 Å². The maximum atomic E-state index is 12.2. The highest BCUT2D eigenvalue weighted by atomic mass is 16.5. The average Bonchev–Trinajstić information content (AvgIpc) is 2.52. The molecule has 4 nitrogen and oxygen atoms in total. The molecule has 2 aliphatic heterocycles. The van der Waals surface area contributed by atoms with Crippen LogP contribution in [0.2, 0.25) is 0 Å². The third kappa shape index (κ3) is 3.38. The first-order valence-electron chi connectivity index (χ1n) is 7.87. The first kappa shape index (κ1) is 14.4. The van der Waals surface area contributed by atoms with Crippen LogP contribution < -0.4 is 10.2 Å². The van der Waals surface area contributed by atoms with E-state index in [1.807, 2.05) is 12.1 Å². The Balaban J connectivity index is 1.56. The molecule has 0 spiro atoms. The SMILES string of the molecule is CC1(CNC(=O)c2ccc(N3CCCCC3)cc2)COC1. The average molecular weight is 288 g/mol. The number of benzene rings is 1. The Morgan fingerprint density at radius 1 is 1.19 bits per heavy atom. The standard InChI is InChI=1S/C17H24N2O2/c1-17(12-21-13-17)11-18-16(20)14-5-7-15(8-6-14)19-9-3-2-4-10-19/h5-8H,2-4,9-13H2,1H3,(H,18,20). The van der Waals surface area contributed by atoms with Crippen LogP contribution in [0.4, 0.5) is 5.69 Å². The molecular weight excluding hydrogens is 264 g/mol. The number of nitrogens with zero attached hydrogens (tertiary/aromatic N) is 1. The van der Waals surface area contributed by atoms with Gasteiger partial charge in [-0.1, -0.05) is 6.92 Å². The summed E-state index contributed by atoms with van der Waals surface area (Å²) in [7, 11) is 0. The van der Waals surface area contributed by atoms with E-state index in [2.05, 4.69) is 29.3 Å². The molecule has 4 heteroatoms. The van der Waals surface area contributed by atoms with Crippen LogP contribution in [0, 0.1) is 5.41 Å². The highest BCUT2D eigenvalue weighted by Crippen LogP contribution is 2.25. The van der Waals surface area contributed by atoms with Gasteiger partial charge < -0.3 is 15.0 Å². The van der Waals surface area contributed by atoms with Gasteiger partial charge in [-0.05, 0) is 43.5 Å².